The van der Waals surface area contributed by atoms with E-state index >= 15 is 0 Å². The van der Waals surface area contributed by atoms with Crippen LogP contribution in [0.3, 0.4) is 0 Å². The Kier molecular flexibility index (Phi) is 4.88. The monoisotopic (exact) mass is 288 g/mol. The Morgan fingerprint density at radius 3 is 2.43 bits per heavy atom. The average molecular weight is 288 g/mol. The fraction of sp³-hybridized carbons (Fsp3) is 0.632. The SMILES string of the molecule is CCCc1cccc(C(=O)C2(OC)CCC(C)(C)CC2)c1. The second-order valence-corrected chi connectivity index (χ2v) is 7.14. The quantitative estimate of drug-likeness (QED) is 0.727. The van der Waals surface area contributed by atoms with Crippen LogP contribution < -0.4 is 0 Å². The van der Waals surface area contributed by atoms with Crippen molar-refractivity contribution in [1.82, 2.24) is 0 Å². The Bertz CT molecular complexity index is 492. The van der Waals surface area contributed by atoms with Gasteiger partial charge >= 0.3 is 0 Å². The standard InChI is InChI=1S/C19H28O2/c1-5-7-15-8-6-9-16(14-15)17(20)19(21-4)12-10-18(2,3)11-13-19/h6,8-9,14H,5,7,10-13H2,1-4H3. The molecule has 0 amide bonds. The highest BCUT2D eigenvalue weighted by Gasteiger charge is 2.44. The number of carbonyl (C=O) groups excluding carboxylic acids is 1. The van der Waals surface area contributed by atoms with Crippen molar-refractivity contribution in [2.45, 2.75) is 64.9 Å². The fourth-order valence-corrected chi connectivity index (χ4v) is 3.27. The Morgan fingerprint density at radius 1 is 1.19 bits per heavy atom. The molecule has 2 heteroatoms. The minimum absolute atomic E-state index is 0.165. The summed E-state index contributed by atoms with van der Waals surface area (Å²) in [7, 11) is 1.69. The van der Waals surface area contributed by atoms with E-state index < -0.39 is 5.60 Å². The lowest BCUT2D eigenvalue weighted by atomic mass is 9.68. The number of hydrogen-bond donors (Lipinski definition) is 0. The van der Waals surface area contributed by atoms with Crippen LogP contribution >= 0.6 is 0 Å². The van der Waals surface area contributed by atoms with E-state index in [0.717, 1.165) is 44.1 Å². The lowest BCUT2D eigenvalue weighted by Gasteiger charge is -2.41. The van der Waals surface area contributed by atoms with Gasteiger partial charge in [-0.3, -0.25) is 4.79 Å². The maximum atomic E-state index is 13.0. The molecular weight excluding hydrogens is 260 g/mol. The highest BCUT2D eigenvalue weighted by atomic mass is 16.5. The Morgan fingerprint density at radius 2 is 1.86 bits per heavy atom. The van der Waals surface area contributed by atoms with Crippen LogP contribution in [-0.2, 0) is 11.2 Å². The Balaban J connectivity index is 2.22. The number of aryl methyl sites for hydroxylation is 1. The van der Waals surface area contributed by atoms with Crippen LogP contribution in [0.4, 0.5) is 0 Å². The highest BCUT2D eigenvalue weighted by molar-refractivity contribution is 6.02. The third-order valence-electron chi connectivity index (χ3n) is 4.94. The molecule has 1 aliphatic carbocycles. The summed E-state index contributed by atoms with van der Waals surface area (Å²) in [4.78, 5) is 13.0. The largest absolute Gasteiger partial charge is 0.370 e. The van der Waals surface area contributed by atoms with Crippen molar-refractivity contribution >= 4 is 5.78 Å². The van der Waals surface area contributed by atoms with E-state index in [1.807, 2.05) is 18.2 Å². The summed E-state index contributed by atoms with van der Waals surface area (Å²) >= 11 is 0. The third-order valence-corrected chi connectivity index (χ3v) is 4.94. The summed E-state index contributed by atoms with van der Waals surface area (Å²) in [5.41, 5.74) is 1.76. The summed E-state index contributed by atoms with van der Waals surface area (Å²) in [6.07, 6.45) is 5.86. The van der Waals surface area contributed by atoms with E-state index in [2.05, 4.69) is 26.8 Å². The molecule has 0 aliphatic heterocycles. The molecular formula is C19H28O2. The van der Waals surface area contributed by atoms with Crippen molar-refractivity contribution in [1.29, 1.82) is 0 Å². The molecule has 1 saturated carbocycles. The lowest BCUT2D eigenvalue weighted by Crippen LogP contribution is -2.45. The molecule has 1 fully saturated rings. The fourth-order valence-electron chi connectivity index (χ4n) is 3.27. The molecule has 1 aliphatic rings. The molecule has 0 radical (unpaired) electrons. The maximum Gasteiger partial charge on any atom is 0.194 e. The summed E-state index contributed by atoms with van der Waals surface area (Å²) in [5.74, 6) is 0.165. The second kappa shape index (κ2) is 6.31. The molecule has 0 unspecified atom stereocenters. The molecule has 0 spiro atoms. The van der Waals surface area contributed by atoms with E-state index in [1.165, 1.54) is 5.56 Å². The number of Topliss-reactive ketones (excluding diaryl/α,β-unsaturated/α-hetero) is 1. The van der Waals surface area contributed by atoms with Gasteiger partial charge in [0.25, 0.3) is 0 Å². The molecule has 21 heavy (non-hydrogen) atoms. The van der Waals surface area contributed by atoms with Gasteiger partial charge in [0.2, 0.25) is 0 Å². The molecule has 0 aromatic heterocycles. The van der Waals surface area contributed by atoms with Gasteiger partial charge in [-0.05, 0) is 49.1 Å². The first-order chi connectivity index (χ1) is 9.92. The first-order valence-corrected chi connectivity index (χ1v) is 8.11. The predicted octanol–water partition coefficient (Wildman–Crippen LogP) is 4.81. The van der Waals surface area contributed by atoms with Crippen molar-refractivity contribution in [2.75, 3.05) is 7.11 Å². The van der Waals surface area contributed by atoms with Gasteiger partial charge in [0.15, 0.2) is 5.78 Å². The van der Waals surface area contributed by atoms with Crippen LogP contribution in [0.1, 0.15) is 68.8 Å². The van der Waals surface area contributed by atoms with Crippen LogP contribution in [0.15, 0.2) is 24.3 Å². The van der Waals surface area contributed by atoms with Gasteiger partial charge in [0.1, 0.15) is 5.60 Å². The minimum atomic E-state index is -0.611. The van der Waals surface area contributed by atoms with Gasteiger partial charge in [0, 0.05) is 12.7 Å². The van der Waals surface area contributed by atoms with E-state index in [4.69, 9.17) is 4.74 Å². The number of methoxy groups -OCH3 is 1. The Labute approximate surface area is 128 Å². The van der Waals surface area contributed by atoms with Gasteiger partial charge in [0.05, 0.1) is 0 Å². The van der Waals surface area contributed by atoms with Crippen molar-refractivity contribution in [3.05, 3.63) is 35.4 Å². The molecule has 0 saturated heterocycles. The number of hydrogen-bond acceptors (Lipinski definition) is 2. The van der Waals surface area contributed by atoms with Crippen LogP contribution in [-0.4, -0.2) is 18.5 Å². The van der Waals surface area contributed by atoms with Crippen molar-refractivity contribution < 1.29 is 9.53 Å². The maximum absolute atomic E-state index is 13.0. The van der Waals surface area contributed by atoms with Crippen molar-refractivity contribution in [2.24, 2.45) is 5.41 Å². The van der Waals surface area contributed by atoms with Crippen molar-refractivity contribution in [3.8, 4) is 0 Å². The molecule has 0 bridgehead atoms. The summed E-state index contributed by atoms with van der Waals surface area (Å²) < 4.78 is 5.74. The summed E-state index contributed by atoms with van der Waals surface area (Å²) in [6.45, 7) is 6.71. The van der Waals surface area contributed by atoms with Gasteiger partial charge in [-0.1, -0.05) is 45.4 Å². The van der Waals surface area contributed by atoms with Gasteiger partial charge in [-0.25, -0.2) is 0 Å². The van der Waals surface area contributed by atoms with Gasteiger partial charge < -0.3 is 4.74 Å². The zero-order chi connectivity index (χ0) is 15.5. The minimum Gasteiger partial charge on any atom is -0.370 e. The van der Waals surface area contributed by atoms with E-state index in [-0.39, 0.29) is 5.78 Å². The number of benzene rings is 1. The topological polar surface area (TPSA) is 26.3 Å². The summed E-state index contributed by atoms with van der Waals surface area (Å²) in [5, 5.41) is 0. The average Bonchev–Trinajstić information content (AvgIpc) is 2.48. The van der Waals surface area contributed by atoms with Crippen molar-refractivity contribution in [3.63, 3.8) is 0 Å². The number of carbonyl (C=O) groups is 1. The highest BCUT2D eigenvalue weighted by Crippen LogP contribution is 2.43. The third kappa shape index (κ3) is 3.55. The molecule has 2 rings (SSSR count). The molecule has 2 nitrogen and oxygen atoms in total. The smallest absolute Gasteiger partial charge is 0.194 e. The molecule has 0 atom stereocenters. The first-order valence-electron chi connectivity index (χ1n) is 8.11. The van der Waals surface area contributed by atoms with Crippen LogP contribution in [0, 0.1) is 5.41 Å². The van der Waals surface area contributed by atoms with E-state index in [9.17, 15) is 4.79 Å². The number of ether oxygens (including phenoxy) is 1. The van der Waals surface area contributed by atoms with Gasteiger partial charge in [-0.15, -0.1) is 0 Å². The molecule has 1 aromatic carbocycles. The number of rotatable bonds is 5. The zero-order valence-corrected chi connectivity index (χ0v) is 13.9. The summed E-state index contributed by atoms with van der Waals surface area (Å²) in [6, 6.07) is 8.08. The van der Waals surface area contributed by atoms with E-state index in [1.54, 1.807) is 7.11 Å². The van der Waals surface area contributed by atoms with Crippen LogP contribution in [0.5, 0.6) is 0 Å². The molecule has 0 heterocycles. The normalized spacial score (nSPS) is 20.2. The predicted molar refractivity (Wildman–Crippen MR) is 86.8 cm³/mol. The molecule has 0 N–H and O–H groups in total. The Hall–Kier alpha value is -1.15. The lowest BCUT2D eigenvalue weighted by molar-refractivity contribution is -0.0383. The zero-order valence-electron chi connectivity index (χ0n) is 13.9. The van der Waals surface area contributed by atoms with Gasteiger partial charge in [-0.2, -0.15) is 0 Å². The molecule has 1 aromatic rings. The number of ketones is 1. The molecule has 116 valence electrons. The van der Waals surface area contributed by atoms with Crippen LogP contribution in [0.2, 0.25) is 0 Å². The van der Waals surface area contributed by atoms with E-state index in [0.29, 0.717) is 5.41 Å². The van der Waals surface area contributed by atoms with Crippen LogP contribution in [0.25, 0.3) is 0 Å². The second-order valence-electron chi connectivity index (χ2n) is 7.14. The first kappa shape index (κ1) is 16.2.